The molecule has 0 fully saturated rings. The Kier molecular flexibility index (Phi) is 5.42. The fourth-order valence-corrected chi connectivity index (χ4v) is 3.14. The molecule has 0 bridgehead atoms. The molecule has 0 aliphatic heterocycles. The lowest BCUT2D eigenvalue weighted by atomic mass is 10.1. The molecule has 2 aromatic carbocycles. The van der Waals surface area contributed by atoms with E-state index >= 15 is 0 Å². The standard InChI is InChI=1S/C21H21ClN4O/c1-12-8-14(3)19(17(22)9-12)26-20(27)16-10-23-21(24-11-16)25-18-7-5-6-13(2)15(18)4/h5-11H,1-4H3,(H,26,27)(H,23,24,25). The number of amides is 1. The Morgan fingerprint density at radius 3 is 2.37 bits per heavy atom. The maximum atomic E-state index is 12.5. The summed E-state index contributed by atoms with van der Waals surface area (Å²) in [4.78, 5) is 21.0. The summed E-state index contributed by atoms with van der Waals surface area (Å²) in [6.07, 6.45) is 2.99. The van der Waals surface area contributed by atoms with Crippen molar-refractivity contribution < 1.29 is 4.79 Å². The second-order valence-corrected chi connectivity index (χ2v) is 6.97. The van der Waals surface area contributed by atoms with Gasteiger partial charge >= 0.3 is 0 Å². The summed E-state index contributed by atoms with van der Waals surface area (Å²) in [7, 11) is 0. The molecule has 5 nitrogen and oxygen atoms in total. The van der Waals surface area contributed by atoms with Crippen LogP contribution < -0.4 is 10.6 Å². The van der Waals surface area contributed by atoms with Gasteiger partial charge in [0.1, 0.15) is 0 Å². The van der Waals surface area contributed by atoms with Crippen LogP contribution in [-0.2, 0) is 0 Å². The van der Waals surface area contributed by atoms with E-state index < -0.39 is 0 Å². The molecule has 0 saturated carbocycles. The summed E-state index contributed by atoms with van der Waals surface area (Å²) in [5.74, 6) is 0.131. The number of nitrogens with zero attached hydrogens (tertiary/aromatic N) is 2. The third kappa shape index (κ3) is 4.26. The Labute approximate surface area is 163 Å². The first-order valence-corrected chi connectivity index (χ1v) is 8.96. The largest absolute Gasteiger partial charge is 0.324 e. The highest BCUT2D eigenvalue weighted by Gasteiger charge is 2.12. The van der Waals surface area contributed by atoms with E-state index in [2.05, 4.69) is 20.6 Å². The van der Waals surface area contributed by atoms with Gasteiger partial charge in [-0.15, -0.1) is 0 Å². The molecule has 2 N–H and O–H groups in total. The molecule has 0 saturated heterocycles. The van der Waals surface area contributed by atoms with Gasteiger partial charge in [-0.05, 0) is 62.1 Å². The van der Waals surface area contributed by atoms with Gasteiger partial charge in [-0.2, -0.15) is 0 Å². The van der Waals surface area contributed by atoms with Crippen LogP contribution in [0.1, 0.15) is 32.6 Å². The summed E-state index contributed by atoms with van der Waals surface area (Å²) in [6, 6.07) is 9.77. The van der Waals surface area contributed by atoms with Gasteiger partial charge in [0.15, 0.2) is 0 Å². The average molecular weight is 381 g/mol. The molecule has 0 radical (unpaired) electrons. The topological polar surface area (TPSA) is 66.9 Å². The van der Waals surface area contributed by atoms with E-state index in [-0.39, 0.29) is 5.91 Å². The minimum absolute atomic E-state index is 0.304. The molecule has 1 amide bonds. The average Bonchev–Trinajstić information content (AvgIpc) is 2.62. The van der Waals surface area contributed by atoms with Crippen LogP contribution in [0.25, 0.3) is 0 Å². The number of rotatable bonds is 4. The monoisotopic (exact) mass is 380 g/mol. The quantitative estimate of drug-likeness (QED) is 0.639. The molecule has 1 heterocycles. The van der Waals surface area contributed by atoms with Crippen molar-refractivity contribution in [3.05, 3.63) is 75.6 Å². The van der Waals surface area contributed by atoms with Gasteiger partial charge in [0.05, 0.1) is 16.3 Å². The van der Waals surface area contributed by atoms with Gasteiger partial charge in [0.2, 0.25) is 5.95 Å². The Hall–Kier alpha value is -2.92. The Bertz CT molecular complexity index is 977. The fraction of sp³-hybridized carbons (Fsp3) is 0.190. The summed E-state index contributed by atoms with van der Waals surface area (Å²) >= 11 is 6.25. The van der Waals surface area contributed by atoms with Crippen LogP contribution in [-0.4, -0.2) is 15.9 Å². The van der Waals surface area contributed by atoms with Crippen LogP contribution in [0.5, 0.6) is 0 Å². The second kappa shape index (κ2) is 7.76. The number of benzene rings is 2. The minimum atomic E-state index is -0.304. The predicted octanol–water partition coefficient (Wildman–Crippen LogP) is 5.36. The normalized spacial score (nSPS) is 10.6. The van der Waals surface area contributed by atoms with Crippen LogP contribution in [0.3, 0.4) is 0 Å². The summed E-state index contributed by atoms with van der Waals surface area (Å²) in [6.45, 7) is 7.95. The highest BCUT2D eigenvalue weighted by atomic mass is 35.5. The molecule has 0 spiro atoms. The zero-order valence-corrected chi connectivity index (χ0v) is 16.5. The van der Waals surface area contributed by atoms with Crippen molar-refractivity contribution in [1.82, 2.24) is 9.97 Å². The number of halogens is 1. The smallest absolute Gasteiger partial charge is 0.258 e. The molecule has 6 heteroatoms. The Balaban J connectivity index is 1.75. The lowest BCUT2D eigenvalue weighted by Crippen LogP contribution is -2.14. The van der Waals surface area contributed by atoms with Crippen LogP contribution in [0, 0.1) is 27.7 Å². The first kappa shape index (κ1) is 18.9. The Morgan fingerprint density at radius 2 is 1.70 bits per heavy atom. The number of nitrogens with one attached hydrogen (secondary N) is 2. The first-order chi connectivity index (χ1) is 12.8. The predicted molar refractivity (Wildman–Crippen MR) is 110 cm³/mol. The molecule has 3 rings (SSSR count). The van der Waals surface area contributed by atoms with Gasteiger partial charge < -0.3 is 10.6 Å². The maximum Gasteiger partial charge on any atom is 0.258 e. The van der Waals surface area contributed by atoms with Crippen LogP contribution in [0.4, 0.5) is 17.3 Å². The van der Waals surface area contributed by atoms with E-state index in [4.69, 9.17) is 11.6 Å². The summed E-state index contributed by atoms with van der Waals surface area (Å²) in [5.41, 5.74) is 6.16. The molecule has 0 atom stereocenters. The minimum Gasteiger partial charge on any atom is -0.324 e. The van der Waals surface area contributed by atoms with Crippen molar-refractivity contribution >= 4 is 34.8 Å². The zero-order valence-electron chi connectivity index (χ0n) is 15.7. The molecule has 3 aromatic rings. The lowest BCUT2D eigenvalue weighted by Gasteiger charge is -2.12. The maximum absolute atomic E-state index is 12.5. The van der Waals surface area contributed by atoms with Gasteiger partial charge in [0.25, 0.3) is 5.91 Å². The summed E-state index contributed by atoms with van der Waals surface area (Å²) < 4.78 is 0. The van der Waals surface area contributed by atoms with Crippen LogP contribution in [0.15, 0.2) is 42.7 Å². The third-order valence-corrected chi connectivity index (χ3v) is 4.73. The zero-order chi connectivity index (χ0) is 19.6. The van der Waals surface area contributed by atoms with Crippen molar-refractivity contribution in [2.45, 2.75) is 27.7 Å². The number of hydrogen-bond donors (Lipinski definition) is 2. The second-order valence-electron chi connectivity index (χ2n) is 6.56. The number of carbonyl (C=O) groups excluding carboxylic acids is 1. The number of aromatic nitrogens is 2. The van der Waals surface area contributed by atoms with Crippen molar-refractivity contribution in [2.75, 3.05) is 10.6 Å². The van der Waals surface area contributed by atoms with Crippen molar-refractivity contribution in [1.29, 1.82) is 0 Å². The van der Waals surface area contributed by atoms with Gasteiger partial charge in [-0.1, -0.05) is 29.8 Å². The number of aryl methyl sites for hydroxylation is 3. The van der Waals surface area contributed by atoms with Crippen LogP contribution in [0.2, 0.25) is 5.02 Å². The van der Waals surface area contributed by atoms with Gasteiger partial charge in [-0.3, -0.25) is 4.79 Å². The molecule has 0 unspecified atom stereocenters. The SMILES string of the molecule is Cc1cc(C)c(NC(=O)c2cnc(Nc3cccc(C)c3C)nc2)c(Cl)c1. The molecular formula is C21H21ClN4O. The molecule has 138 valence electrons. The van der Waals surface area contributed by atoms with Gasteiger partial charge in [0, 0.05) is 18.1 Å². The first-order valence-electron chi connectivity index (χ1n) is 8.58. The molecule has 1 aromatic heterocycles. The van der Waals surface area contributed by atoms with Crippen molar-refractivity contribution in [3.8, 4) is 0 Å². The van der Waals surface area contributed by atoms with Gasteiger partial charge in [-0.25, -0.2) is 9.97 Å². The van der Waals surface area contributed by atoms with Crippen molar-refractivity contribution in [2.24, 2.45) is 0 Å². The number of anilines is 3. The van der Waals surface area contributed by atoms with E-state index in [0.717, 1.165) is 22.4 Å². The third-order valence-electron chi connectivity index (χ3n) is 4.44. The summed E-state index contributed by atoms with van der Waals surface area (Å²) in [5, 5.41) is 6.52. The highest BCUT2D eigenvalue weighted by Crippen LogP contribution is 2.28. The molecule has 0 aliphatic rings. The number of carbonyl (C=O) groups is 1. The lowest BCUT2D eigenvalue weighted by molar-refractivity contribution is 0.102. The van der Waals surface area contributed by atoms with E-state index in [9.17, 15) is 4.79 Å². The molecular weight excluding hydrogens is 360 g/mol. The molecule has 27 heavy (non-hydrogen) atoms. The molecule has 0 aliphatic carbocycles. The number of hydrogen-bond acceptors (Lipinski definition) is 4. The van der Waals surface area contributed by atoms with Crippen molar-refractivity contribution in [3.63, 3.8) is 0 Å². The van der Waals surface area contributed by atoms with E-state index in [1.54, 1.807) is 0 Å². The fourth-order valence-electron chi connectivity index (χ4n) is 2.78. The Morgan fingerprint density at radius 1 is 1.00 bits per heavy atom. The van der Waals surface area contributed by atoms with E-state index in [1.165, 1.54) is 18.0 Å². The highest BCUT2D eigenvalue weighted by molar-refractivity contribution is 6.34. The van der Waals surface area contributed by atoms with Crippen LogP contribution >= 0.6 is 11.6 Å². The van der Waals surface area contributed by atoms with E-state index in [0.29, 0.717) is 22.2 Å². The van der Waals surface area contributed by atoms with E-state index in [1.807, 2.05) is 58.0 Å².